The summed E-state index contributed by atoms with van der Waals surface area (Å²) in [7, 11) is 0. The predicted octanol–water partition coefficient (Wildman–Crippen LogP) is 5.05. The molecular weight excluding hydrogens is 395 g/mol. The van der Waals surface area contributed by atoms with E-state index < -0.39 is 6.29 Å². The van der Waals surface area contributed by atoms with Crippen LogP contribution in [0.5, 0.6) is 5.75 Å². The lowest BCUT2D eigenvalue weighted by molar-refractivity contribution is -0.0886. The fraction of sp³-hybridized carbons (Fsp3) is 0.588. The second-order valence-corrected chi connectivity index (χ2v) is 6.43. The zero-order chi connectivity index (χ0) is 15.8. The largest absolute Gasteiger partial charge is 0.491 e. The zero-order valence-electron chi connectivity index (χ0n) is 12.9. The van der Waals surface area contributed by atoms with Crippen LogP contribution in [0.3, 0.4) is 0 Å². The molecule has 1 fully saturated rings. The first-order chi connectivity index (χ1) is 10.6. The molecule has 0 heterocycles. The highest BCUT2D eigenvalue weighted by Gasteiger charge is 2.15. The number of ether oxygens (including phenoxy) is 3. The third-order valence-electron chi connectivity index (χ3n) is 3.92. The van der Waals surface area contributed by atoms with Gasteiger partial charge >= 0.3 is 3.98 Å². The average Bonchev–Trinajstić information content (AvgIpc) is 2.52. The van der Waals surface area contributed by atoms with Gasteiger partial charge in [-0.1, -0.05) is 31.4 Å². The summed E-state index contributed by atoms with van der Waals surface area (Å²) in [4.78, 5) is 10.7. The van der Waals surface area contributed by atoms with Crippen LogP contribution in [0.2, 0.25) is 0 Å². The van der Waals surface area contributed by atoms with Gasteiger partial charge in [0.25, 0.3) is 0 Å². The molecular formula is C17H23IO4. The molecule has 1 aliphatic rings. The lowest BCUT2D eigenvalue weighted by atomic mass is 9.84. The van der Waals surface area contributed by atoms with Gasteiger partial charge in [-0.05, 0) is 43.4 Å². The van der Waals surface area contributed by atoms with Crippen molar-refractivity contribution < 1.29 is 19.0 Å². The third kappa shape index (κ3) is 6.12. The van der Waals surface area contributed by atoms with Gasteiger partial charge in [0.2, 0.25) is 6.29 Å². The van der Waals surface area contributed by atoms with Crippen LogP contribution in [0.4, 0.5) is 4.79 Å². The molecule has 0 aliphatic heterocycles. The van der Waals surface area contributed by atoms with E-state index in [4.69, 9.17) is 14.2 Å². The Kier molecular flexibility index (Phi) is 7.45. The molecule has 1 unspecified atom stereocenters. The molecule has 0 N–H and O–H groups in total. The zero-order valence-corrected chi connectivity index (χ0v) is 15.1. The molecule has 122 valence electrons. The topological polar surface area (TPSA) is 44.8 Å². The van der Waals surface area contributed by atoms with E-state index in [1.54, 1.807) is 29.5 Å². The highest BCUT2D eigenvalue weighted by molar-refractivity contribution is 14.1. The Morgan fingerprint density at radius 3 is 2.50 bits per heavy atom. The maximum absolute atomic E-state index is 10.7. The summed E-state index contributed by atoms with van der Waals surface area (Å²) in [6.07, 6.45) is 6.15. The molecule has 0 bridgehead atoms. The fourth-order valence-electron chi connectivity index (χ4n) is 2.81. The molecule has 5 heteroatoms. The van der Waals surface area contributed by atoms with Crippen LogP contribution in [-0.4, -0.2) is 23.5 Å². The van der Waals surface area contributed by atoms with Gasteiger partial charge in [-0.25, -0.2) is 4.79 Å². The van der Waals surface area contributed by atoms with Crippen LogP contribution in [0.25, 0.3) is 0 Å². The van der Waals surface area contributed by atoms with Crippen molar-refractivity contribution in [2.75, 3.05) is 13.2 Å². The predicted molar refractivity (Wildman–Crippen MR) is 93.7 cm³/mol. The number of hydrogen-bond donors (Lipinski definition) is 0. The molecule has 1 aliphatic carbocycles. The second kappa shape index (κ2) is 9.35. The number of benzene rings is 1. The number of carbonyl (C=O) groups is 1. The van der Waals surface area contributed by atoms with Gasteiger partial charge in [0.1, 0.15) is 12.4 Å². The van der Waals surface area contributed by atoms with Crippen LogP contribution in [-0.2, 0) is 9.47 Å². The standard InChI is InChI=1S/C17H23IO4/c1-13(22-17(18)19)20-11-12-21-16-9-7-15(8-10-16)14-5-3-2-4-6-14/h7-10,13-14H,2-6,11-12H2,1H3. The van der Waals surface area contributed by atoms with Gasteiger partial charge in [0, 0.05) is 0 Å². The van der Waals surface area contributed by atoms with Gasteiger partial charge in [-0.3, -0.25) is 0 Å². The Morgan fingerprint density at radius 2 is 1.86 bits per heavy atom. The highest BCUT2D eigenvalue weighted by atomic mass is 127. The van der Waals surface area contributed by atoms with E-state index >= 15 is 0 Å². The van der Waals surface area contributed by atoms with Gasteiger partial charge in [-0.15, -0.1) is 0 Å². The highest BCUT2D eigenvalue weighted by Crippen LogP contribution is 2.33. The van der Waals surface area contributed by atoms with Crippen molar-refractivity contribution in [1.82, 2.24) is 0 Å². The Morgan fingerprint density at radius 1 is 1.18 bits per heavy atom. The van der Waals surface area contributed by atoms with Crippen molar-refractivity contribution in [3.8, 4) is 5.75 Å². The summed E-state index contributed by atoms with van der Waals surface area (Å²) < 4.78 is 15.4. The molecule has 1 atom stereocenters. The van der Waals surface area contributed by atoms with E-state index in [0.29, 0.717) is 13.2 Å². The van der Waals surface area contributed by atoms with E-state index in [1.165, 1.54) is 37.7 Å². The minimum atomic E-state index is -0.540. The molecule has 1 aromatic rings. The van der Waals surface area contributed by atoms with Gasteiger partial charge in [0.05, 0.1) is 29.2 Å². The lowest BCUT2D eigenvalue weighted by Gasteiger charge is -2.22. The molecule has 0 aromatic heterocycles. The van der Waals surface area contributed by atoms with E-state index in [-0.39, 0.29) is 3.98 Å². The molecule has 4 nitrogen and oxygen atoms in total. The molecule has 22 heavy (non-hydrogen) atoms. The Balaban J connectivity index is 1.69. The second-order valence-electron chi connectivity index (χ2n) is 5.55. The monoisotopic (exact) mass is 418 g/mol. The molecule has 0 radical (unpaired) electrons. The molecule has 0 spiro atoms. The van der Waals surface area contributed by atoms with Gasteiger partial charge in [-0.2, -0.15) is 0 Å². The number of rotatable bonds is 7. The number of hydrogen-bond acceptors (Lipinski definition) is 4. The Hall–Kier alpha value is -0.820. The molecule has 2 rings (SSSR count). The average molecular weight is 418 g/mol. The van der Waals surface area contributed by atoms with Crippen molar-refractivity contribution in [2.45, 2.75) is 51.2 Å². The number of halogens is 1. The summed E-state index contributed by atoms with van der Waals surface area (Å²) in [6, 6.07) is 8.40. The third-order valence-corrected chi connectivity index (χ3v) is 4.17. The lowest BCUT2D eigenvalue weighted by Crippen LogP contribution is -2.18. The van der Waals surface area contributed by atoms with E-state index in [1.807, 2.05) is 12.1 Å². The summed E-state index contributed by atoms with van der Waals surface area (Å²) >= 11 is 1.58. The minimum Gasteiger partial charge on any atom is -0.491 e. The number of carbonyl (C=O) groups excluding carboxylic acids is 1. The fourth-order valence-corrected chi connectivity index (χ4v) is 3.17. The van der Waals surface area contributed by atoms with Crippen LogP contribution < -0.4 is 4.74 Å². The van der Waals surface area contributed by atoms with Crippen LogP contribution in [0.1, 0.15) is 50.5 Å². The molecule has 0 saturated heterocycles. The Labute approximate surface area is 145 Å². The van der Waals surface area contributed by atoms with E-state index in [0.717, 1.165) is 11.7 Å². The van der Waals surface area contributed by atoms with E-state index in [2.05, 4.69) is 12.1 Å². The van der Waals surface area contributed by atoms with Crippen molar-refractivity contribution in [1.29, 1.82) is 0 Å². The van der Waals surface area contributed by atoms with Gasteiger partial charge in [0.15, 0.2) is 0 Å². The first kappa shape index (κ1) is 17.5. The molecule has 1 saturated carbocycles. The molecule has 1 aromatic carbocycles. The Bertz CT molecular complexity index is 454. The van der Waals surface area contributed by atoms with Crippen molar-refractivity contribution in [3.05, 3.63) is 29.8 Å². The normalized spacial score (nSPS) is 17.0. The first-order valence-electron chi connectivity index (χ1n) is 7.85. The summed E-state index contributed by atoms with van der Waals surface area (Å²) in [5.41, 5.74) is 1.42. The SMILES string of the molecule is CC(OCCOc1ccc(C2CCCCC2)cc1)OC(=O)I. The van der Waals surface area contributed by atoms with E-state index in [9.17, 15) is 4.79 Å². The summed E-state index contributed by atoms with van der Waals surface area (Å²) in [5.74, 6) is 1.57. The smallest absolute Gasteiger partial charge is 0.369 e. The van der Waals surface area contributed by atoms with Crippen LogP contribution in [0, 0.1) is 0 Å². The van der Waals surface area contributed by atoms with Gasteiger partial charge < -0.3 is 14.2 Å². The van der Waals surface area contributed by atoms with Crippen LogP contribution in [0.15, 0.2) is 24.3 Å². The quantitative estimate of drug-likeness (QED) is 0.269. The molecule has 0 amide bonds. The maximum Gasteiger partial charge on any atom is 0.369 e. The van der Waals surface area contributed by atoms with Crippen LogP contribution >= 0.6 is 22.6 Å². The minimum absolute atomic E-state index is 0.371. The van der Waals surface area contributed by atoms with Crippen molar-refractivity contribution >= 4 is 26.6 Å². The first-order valence-corrected chi connectivity index (χ1v) is 8.93. The maximum atomic E-state index is 10.7. The van der Waals surface area contributed by atoms with Crippen molar-refractivity contribution in [2.24, 2.45) is 0 Å². The summed E-state index contributed by atoms with van der Waals surface area (Å²) in [6.45, 7) is 2.51. The van der Waals surface area contributed by atoms with Crippen molar-refractivity contribution in [3.63, 3.8) is 0 Å². The summed E-state index contributed by atoms with van der Waals surface area (Å²) in [5, 5.41) is 0.